The van der Waals surface area contributed by atoms with Crippen molar-refractivity contribution in [3.05, 3.63) is 101 Å². The number of hydrogen-bond acceptors (Lipinski definition) is 3. The van der Waals surface area contributed by atoms with Crippen molar-refractivity contribution in [2.45, 2.75) is 25.3 Å². The first-order valence-electron chi connectivity index (χ1n) is 9.84. The summed E-state index contributed by atoms with van der Waals surface area (Å²) in [5, 5.41) is 0.970. The van der Waals surface area contributed by atoms with Gasteiger partial charge in [0.25, 0.3) is 0 Å². The Bertz CT molecular complexity index is 1020. The zero-order valence-electron chi connectivity index (χ0n) is 16.7. The number of nitrogens with zero attached hydrogens (tertiary/aromatic N) is 2. The van der Waals surface area contributed by atoms with E-state index in [4.69, 9.17) is 4.98 Å². The number of carbonyl (C=O) groups is 1. The van der Waals surface area contributed by atoms with Gasteiger partial charge in [-0.2, -0.15) is 0 Å². The van der Waals surface area contributed by atoms with E-state index in [1.165, 1.54) is 0 Å². The Labute approximate surface area is 175 Å². The molecule has 1 heterocycles. The lowest BCUT2D eigenvalue weighted by Gasteiger charge is -2.26. The number of fused-ring (bicyclic) bond motifs is 1. The fourth-order valence-corrected chi connectivity index (χ4v) is 4.63. The Morgan fingerprint density at radius 1 is 0.897 bits per heavy atom. The lowest BCUT2D eigenvalue weighted by molar-refractivity contribution is -0.132. The second-order valence-corrected chi connectivity index (χ2v) is 8.34. The van der Waals surface area contributed by atoms with Gasteiger partial charge in [-0.05, 0) is 30.2 Å². The van der Waals surface area contributed by atoms with Crippen LogP contribution < -0.4 is 0 Å². The van der Waals surface area contributed by atoms with Crippen LogP contribution in [0.5, 0.6) is 0 Å². The zero-order chi connectivity index (χ0) is 20.2. The van der Waals surface area contributed by atoms with E-state index in [0.717, 1.165) is 26.4 Å². The van der Waals surface area contributed by atoms with Crippen molar-refractivity contribution in [3.63, 3.8) is 0 Å². The van der Waals surface area contributed by atoms with Crippen molar-refractivity contribution in [2.24, 2.45) is 0 Å². The van der Waals surface area contributed by atoms with Gasteiger partial charge < -0.3 is 4.90 Å². The maximum absolute atomic E-state index is 13.2. The number of para-hydroxylation sites is 1. The van der Waals surface area contributed by atoms with Crippen LogP contribution >= 0.6 is 11.3 Å². The number of rotatable bonds is 6. The molecule has 4 aromatic rings. The quantitative estimate of drug-likeness (QED) is 0.395. The number of amides is 1. The number of thiazole rings is 1. The average Bonchev–Trinajstić information content (AvgIpc) is 3.22. The van der Waals surface area contributed by atoms with Gasteiger partial charge in [0.1, 0.15) is 5.01 Å². The van der Waals surface area contributed by atoms with Crippen molar-refractivity contribution >= 4 is 27.5 Å². The minimum atomic E-state index is -0.0629. The highest BCUT2D eigenvalue weighted by molar-refractivity contribution is 7.18. The molecule has 0 bridgehead atoms. The molecule has 0 aliphatic carbocycles. The Hall–Kier alpha value is -2.98. The molecule has 0 N–H and O–H groups in total. The van der Waals surface area contributed by atoms with Gasteiger partial charge in [-0.1, -0.05) is 72.8 Å². The molecule has 1 unspecified atom stereocenters. The number of carbonyl (C=O) groups excluding carboxylic acids is 1. The van der Waals surface area contributed by atoms with Crippen molar-refractivity contribution < 1.29 is 4.79 Å². The minimum Gasteiger partial charge on any atom is -0.337 e. The molecule has 4 rings (SSSR count). The molecule has 0 aliphatic heterocycles. The number of benzene rings is 3. The molecule has 29 heavy (non-hydrogen) atoms. The zero-order valence-corrected chi connectivity index (χ0v) is 17.5. The first kappa shape index (κ1) is 19.3. The first-order chi connectivity index (χ1) is 14.1. The molecular weight excluding hydrogens is 376 g/mol. The normalized spacial score (nSPS) is 12.2. The minimum absolute atomic E-state index is 0.0370. The lowest BCUT2D eigenvalue weighted by atomic mass is 9.88. The Morgan fingerprint density at radius 3 is 2.03 bits per heavy atom. The topological polar surface area (TPSA) is 33.2 Å². The highest BCUT2D eigenvalue weighted by Gasteiger charge is 2.25. The molecule has 3 aromatic carbocycles. The van der Waals surface area contributed by atoms with E-state index in [1.54, 1.807) is 11.3 Å². The fourth-order valence-electron chi connectivity index (χ4n) is 3.57. The van der Waals surface area contributed by atoms with Crippen LogP contribution in [0.15, 0.2) is 84.9 Å². The monoisotopic (exact) mass is 400 g/mol. The molecule has 0 saturated heterocycles. The molecule has 1 atom stereocenters. The fraction of sp³-hybridized carbons (Fsp3) is 0.200. The predicted molar refractivity (Wildman–Crippen MR) is 120 cm³/mol. The molecule has 0 radical (unpaired) electrons. The third kappa shape index (κ3) is 4.22. The van der Waals surface area contributed by atoms with Gasteiger partial charge in [0.05, 0.1) is 16.3 Å². The smallest absolute Gasteiger partial charge is 0.223 e. The van der Waals surface area contributed by atoms with Gasteiger partial charge in [-0.25, -0.2) is 4.98 Å². The molecule has 146 valence electrons. The van der Waals surface area contributed by atoms with Crippen LogP contribution in [-0.2, 0) is 4.79 Å². The standard InChI is InChI=1S/C25H24N2OS/c1-18(25-26-22-15-9-10-16-23(22)29-25)27(2)24(28)17-21(19-11-5-3-6-12-19)20-13-7-4-8-14-20/h3-16,18,21H,17H2,1-2H3. The molecule has 0 saturated carbocycles. The number of hydrogen-bond donors (Lipinski definition) is 0. The molecule has 0 aliphatic rings. The highest BCUT2D eigenvalue weighted by atomic mass is 32.1. The second-order valence-electron chi connectivity index (χ2n) is 7.28. The van der Waals surface area contributed by atoms with Crippen molar-refractivity contribution in [2.75, 3.05) is 7.05 Å². The van der Waals surface area contributed by atoms with E-state index >= 15 is 0 Å². The second kappa shape index (κ2) is 8.58. The summed E-state index contributed by atoms with van der Waals surface area (Å²) < 4.78 is 1.15. The summed E-state index contributed by atoms with van der Waals surface area (Å²) in [4.78, 5) is 19.8. The summed E-state index contributed by atoms with van der Waals surface area (Å²) in [6, 6.07) is 28.6. The summed E-state index contributed by atoms with van der Waals surface area (Å²) in [5.41, 5.74) is 3.31. The van der Waals surface area contributed by atoms with E-state index < -0.39 is 0 Å². The van der Waals surface area contributed by atoms with Crippen LogP contribution in [0, 0.1) is 0 Å². The molecule has 1 amide bonds. The van der Waals surface area contributed by atoms with Crippen LogP contribution in [-0.4, -0.2) is 22.8 Å². The van der Waals surface area contributed by atoms with Crippen molar-refractivity contribution in [1.29, 1.82) is 0 Å². The summed E-state index contributed by atoms with van der Waals surface area (Å²) in [7, 11) is 1.88. The number of aromatic nitrogens is 1. The van der Waals surface area contributed by atoms with Crippen LogP contribution in [0.1, 0.15) is 41.4 Å². The summed E-state index contributed by atoms with van der Waals surface area (Å²) in [6.07, 6.45) is 0.430. The van der Waals surface area contributed by atoms with E-state index in [1.807, 2.05) is 66.5 Å². The van der Waals surface area contributed by atoms with Crippen LogP contribution in [0.4, 0.5) is 0 Å². The summed E-state index contributed by atoms with van der Waals surface area (Å²) in [6.45, 7) is 2.05. The third-order valence-corrected chi connectivity index (χ3v) is 6.63. The van der Waals surface area contributed by atoms with Crippen molar-refractivity contribution in [1.82, 2.24) is 9.88 Å². The van der Waals surface area contributed by atoms with Gasteiger partial charge in [0.2, 0.25) is 5.91 Å². The molecule has 4 heteroatoms. The molecular formula is C25H24N2OS. The molecule has 0 fully saturated rings. The SMILES string of the molecule is CC(c1nc2ccccc2s1)N(C)C(=O)CC(c1ccccc1)c1ccccc1. The van der Waals surface area contributed by atoms with Crippen molar-refractivity contribution in [3.8, 4) is 0 Å². The predicted octanol–water partition coefficient (Wildman–Crippen LogP) is 6.04. The van der Waals surface area contributed by atoms with E-state index in [9.17, 15) is 4.79 Å². The maximum atomic E-state index is 13.2. The maximum Gasteiger partial charge on any atom is 0.223 e. The van der Waals surface area contributed by atoms with Gasteiger partial charge in [0.15, 0.2) is 0 Å². The van der Waals surface area contributed by atoms with Gasteiger partial charge >= 0.3 is 0 Å². The Morgan fingerprint density at radius 2 is 1.45 bits per heavy atom. The molecule has 3 nitrogen and oxygen atoms in total. The Kier molecular flexibility index (Phi) is 5.72. The molecule has 0 spiro atoms. The largest absolute Gasteiger partial charge is 0.337 e. The van der Waals surface area contributed by atoms with Crippen LogP contribution in [0.3, 0.4) is 0 Å². The third-order valence-electron chi connectivity index (χ3n) is 5.42. The summed E-state index contributed by atoms with van der Waals surface area (Å²) >= 11 is 1.66. The van der Waals surface area contributed by atoms with Gasteiger partial charge in [0, 0.05) is 19.4 Å². The highest BCUT2D eigenvalue weighted by Crippen LogP contribution is 2.32. The Balaban J connectivity index is 1.56. The average molecular weight is 401 g/mol. The van der Waals surface area contributed by atoms with E-state index in [2.05, 4.69) is 37.3 Å². The van der Waals surface area contributed by atoms with Crippen LogP contribution in [0.2, 0.25) is 0 Å². The van der Waals surface area contributed by atoms with E-state index in [0.29, 0.717) is 6.42 Å². The van der Waals surface area contributed by atoms with E-state index in [-0.39, 0.29) is 17.9 Å². The molecule has 1 aromatic heterocycles. The van der Waals surface area contributed by atoms with Gasteiger partial charge in [-0.3, -0.25) is 4.79 Å². The summed E-state index contributed by atoms with van der Waals surface area (Å²) in [5.74, 6) is 0.157. The first-order valence-corrected chi connectivity index (χ1v) is 10.7. The lowest BCUT2D eigenvalue weighted by Crippen LogP contribution is -2.30. The van der Waals surface area contributed by atoms with Crippen LogP contribution in [0.25, 0.3) is 10.2 Å². The van der Waals surface area contributed by atoms with Gasteiger partial charge in [-0.15, -0.1) is 11.3 Å².